The molecule has 3 heteroatoms. The lowest BCUT2D eigenvalue weighted by Gasteiger charge is -2.13. The Labute approximate surface area is 80.1 Å². The summed E-state index contributed by atoms with van der Waals surface area (Å²) in [5.74, 6) is 2.35. The van der Waals surface area contributed by atoms with Crippen molar-refractivity contribution >= 4 is 11.8 Å². The fourth-order valence-corrected chi connectivity index (χ4v) is 1.60. The van der Waals surface area contributed by atoms with E-state index in [1.165, 1.54) is 5.75 Å². The first kappa shape index (κ1) is 12.3. The molecule has 0 rings (SSSR count). The predicted octanol–water partition coefficient (Wildman–Crippen LogP) is 1.49. The molecule has 0 aromatic carbocycles. The quantitative estimate of drug-likeness (QED) is 0.639. The van der Waals surface area contributed by atoms with E-state index in [4.69, 9.17) is 5.11 Å². The molecule has 0 aromatic heterocycles. The Balaban J connectivity index is 3.13. The maximum atomic E-state index is 9.00. The van der Waals surface area contributed by atoms with E-state index in [2.05, 4.69) is 19.2 Å². The molecule has 2 nitrogen and oxygen atoms in total. The van der Waals surface area contributed by atoms with Crippen LogP contribution >= 0.6 is 11.8 Å². The zero-order valence-electron chi connectivity index (χ0n) is 8.34. The highest BCUT2D eigenvalue weighted by atomic mass is 32.2. The number of hydrogen-bond donors (Lipinski definition) is 2. The van der Waals surface area contributed by atoms with Crippen molar-refractivity contribution in [2.45, 2.75) is 39.3 Å². The molecule has 0 heterocycles. The van der Waals surface area contributed by atoms with E-state index in [-0.39, 0.29) is 6.10 Å². The first-order valence-corrected chi connectivity index (χ1v) is 5.81. The lowest BCUT2D eigenvalue weighted by Crippen LogP contribution is -2.30. The summed E-state index contributed by atoms with van der Waals surface area (Å²) in [4.78, 5) is 0. The van der Waals surface area contributed by atoms with Gasteiger partial charge in [-0.1, -0.05) is 6.92 Å². The van der Waals surface area contributed by atoms with Gasteiger partial charge in [0.2, 0.25) is 0 Å². The average Bonchev–Trinajstić information content (AvgIpc) is 2.00. The highest BCUT2D eigenvalue weighted by molar-refractivity contribution is 7.99. The fraction of sp³-hybridized carbons (Fsp3) is 1.00. The monoisotopic (exact) mass is 191 g/mol. The molecule has 2 unspecified atom stereocenters. The van der Waals surface area contributed by atoms with Crippen molar-refractivity contribution in [3.8, 4) is 0 Å². The van der Waals surface area contributed by atoms with Gasteiger partial charge in [-0.25, -0.2) is 0 Å². The highest BCUT2D eigenvalue weighted by Crippen LogP contribution is 2.01. The predicted molar refractivity (Wildman–Crippen MR) is 56.8 cm³/mol. The second-order valence-electron chi connectivity index (χ2n) is 3.15. The molecule has 74 valence electrons. The summed E-state index contributed by atoms with van der Waals surface area (Å²) >= 11 is 1.95. The number of hydrogen-bond acceptors (Lipinski definition) is 3. The van der Waals surface area contributed by atoms with Gasteiger partial charge in [0.1, 0.15) is 0 Å². The third-order valence-corrected chi connectivity index (χ3v) is 2.77. The Morgan fingerprint density at radius 1 is 1.42 bits per heavy atom. The first-order valence-electron chi connectivity index (χ1n) is 4.66. The van der Waals surface area contributed by atoms with E-state index in [1.54, 1.807) is 0 Å². The van der Waals surface area contributed by atoms with Crippen LogP contribution in [0.2, 0.25) is 0 Å². The van der Waals surface area contributed by atoms with Gasteiger partial charge >= 0.3 is 0 Å². The maximum absolute atomic E-state index is 9.00. The largest absolute Gasteiger partial charge is 0.393 e. The minimum absolute atomic E-state index is 0.177. The minimum atomic E-state index is -0.177. The zero-order valence-corrected chi connectivity index (χ0v) is 9.16. The van der Waals surface area contributed by atoms with Gasteiger partial charge in [0.25, 0.3) is 0 Å². The van der Waals surface area contributed by atoms with Crippen LogP contribution in [0.3, 0.4) is 0 Å². The van der Waals surface area contributed by atoms with Gasteiger partial charge in [-0.3, -0.25) is 0 Å². The second kappa shape index (κ2) is 7.90. The number of nitrogens with one attached hydrogen (secondary N) is 1. The van der Waals surface area contributed by atoms with Crippen LogP contribution in [0.25, 0.3) is 0 Å². The number of thioether (sulfide) groups is 1. The van der Waals surface area contributed by atoms with Gasteiger partial charge in [0, 0.05) is 11.8 Å². The van der Waals surface area contributed by atoms with Gasteiger partial charge in [0.05, 0.1) is 6.10 Å². The van der Waals surface area contributed by atoms with Gasteiger partial charge in [-0.15, -0.1) is 0 Å². The molecule has 0 bridgehead atoms. The lowest BCUT2D eigenvalue weighted by atomic mass is 10.3. The van der Waals surface area contributed by atoms with E-state index >= 15 is 0 Å². The lowest BCUT2D eigenvalue weighted by molar-refractivity contribution is 0.183. The van der Waals surface area contributed by atoms with Gasteiger partial charge in [-0.05, 0) is 32.6 Å². The van der Waals surface area contributed by atoms with Crippen LogP contribution in [-0.2, 0) is 0 Å². The minimum Gasteiger partial charge on any atom is -0.393 e. The first-order chi connectivity index (χ1) is 5.66. The Kier molecular flexibility index (Phi) is 8.07. The number of aliphatic hydroxyl groups excluding tert-OH is 1. The third-order valence-electron chi connectivity index (χ3n) is 1.63. The van der Waals surface area contributed by atoms with Crippen molar-refractivity contribution in [2.24, 2.45) is 0 Å². The smallest absolute Gasteiger partial charge is 0.0524 e. The summed E-state index contributed by atoms with van der Waals surface area (Å²) in [6.45, 7) is 7.11. The van der Waals surface area contributed by atoms with Crippen LogP contribution in [0.1, 0.15) is 27.2 Å². The molecule has 12 heavy (non-hydrogen) atoms. The topological polar surface area (TPSA) is 32.3 Å². The fourth-order valence-electron chi connectivity index (χ4n) is 0.892. The summed E-state index contributed by atoms with van der Waals surface area (Å²) in [5.41, 5.74) is 0. The highest BCUT2D eigenvalue weighted by Gasteiger charge is 2.00. The molecule has 0 saturated heterocycles. The van der Waals surface area contributed by atoms with Crippen molar-refractivity contribution in [3.63, 3.8) is 0 Å². The molecule has 0 aliphatic heterocycles. The number of aliphatic hydroxyl groups is 1. The molecule has 0 amide bonds. The Morgan fingerprint density at radius 3 is 2.58 bits per heavy atom. The molecule has 0 aliphatic rings. The van der Waals surface area contributed by atoms with Crippen molar-refractivity contribution in [3.05, 3.63) is 0 Å². The van der Waals surface area contributed by atoms with Crippen LogP contribution in [0, 0.1) is 0 Å². The molecule has 2 atom stereocenters. The molecule has 0 saturated carbocycles. The molecule has 0 spiro atoms. The van der Waals surface area contributed by atoms with Crippen molar-refractivity contribution in [1.82, 2.24) is 5.32 Å². The Morgan fingerprint density at radius 2 is 2.08 bits per heavy atom. The van der Waals surface area contributed by atoms with Crippen LogP contribution in [0.15, 0.2) is 0 Å². The van der Waals surface area contributed by atoms with E-state index in [0.29, 0.717) is 6.04 Å². The molecule has 0 fully saturated rings. The van der Waals surface area contributed by atoms with Gasteiger partial charge in [0.15, 0.2) is 0 Å². The summed E-state index contributed by atoms with van der Waals surface area (Å²) in [5, 5.41) is 12.4. The molecule has 0 aromatic rings. The normalized spacial score (nSPS) is 16.0. The SMILES string of the molecule is CCSCC(C)NCCC(C)O. The summed E-state index contributed by atoms with van der Waals surface area (Å²) in [7, 11) is 0. The Hall–Kier alpha value is 0.270. The van der Waals surface area contributed by atoms with Gasteiger partial charge < -0.3 is 10.4 Å². The standard InChI is InChI=1S/C9H21NOS/c1-4-12-7-8(2)10-6-5-9(3)11/h8-11H,4-7H2,1-3H3. The van der Waals surface area contributed by atoms with Crippen LogP contribution in [0.5, 0.6) is 0 Å². The molecular weight excluding hydrogens is 170 g/mol. The summed E-state index contributed by atoms with van der Waals surface area (Å²) in [6.07, 6.45) is 0.671. The van der Waals surface area contributed by atoms with Crippen LogP contribution < -0.4 is 5.32 Å². The molecule has 0 aliphatic carbocycles. The average molecular weight is 191 g/mol. The van der Waals surface area contributed by atoms with Crippen molar-refractivity contribution < 1.29 is 5.11 Å². The van der Waals surface area contributed by atoms with E-state index in [0.717, 1.165) is 18.7 Å². The maximum Gasteiger partial charge on any atom is 0.0524 e. The van der Waals surface area contributed by atoms with E-state index in [1.807, 2.05) is 18.7 Å². The van der Waals surface area contributed by atoms with Crippen molar-refractivity contribution in [2.75, 3.05) is 18.1 Å². The van der Waals surface area contributed by atoms with Crippen molar-refractivity contribution in [1.29, 1.82) is 0 Å². The third kappa shape index (κ3) is 8.37. The zero-order chi connectivity index (χ0) is 9.40. The van der Waals surface area contributed by atoms with E-state index in [9.17, 15) is 0 Å². The van der Waals surface area contributed by atoms with Crippen LogP contribution in [0.4, 0.5) is 0 Å². The molecular formula is C9H21NOS. The second-order valence-corrected chi connectivity index (χ2v) is 4.47. The van der Waals surface area contributed by atoms with Crippen LogP contribution in [-0.4, -0.2) is 35.3 Å². The molecule has 2 N–H and O–H groups in total. The summed E-state index contributed by atoms with van der Waals surface area (Å²) in [6, 6.07) is 0.564. The Bertz CT molecular complexity index is 98.5. The summed E-state index contributed by atoms with van der Waals surface area (Å²) < 4.78 is 0. The molecule has 0 radical (unpaired) electrons. The van der Waals surface area contributed by atoms with E-state index < -0.39 is 0 Å². The van der Waals surface area contributed by atoms with Gasteiger partial charge in [-0.2, -0.15) is 11.8 Å². The number of rotatable bonds is 7.